The van der Waals surface area contributed by atoms with Gasteiger partial charge in [-0.2, -0.15) is 0 Å². The van der Waals surface area contributed by atoms with Crippen molar-refractivity contribution in [3.05, 3.63) is 29.8 Å². The summed E-state index contributed by atoms with van der Waals surface area (Å²) >= 11 is 0. The van der Waals surface area contributed by atoms with Crippen LogP contribution in [0.3, 0.4) is 0 Å². The lowest BCUT2D eigenvalue weighted by Crippen LogP contribution is -2.46. The summed E-state index contributed by atoms with van der Waals surface area (Å²) < 4.78 is 31.5. The zero-order chi connectivity index (χ0) is 15.0. The van der Waals surface area contributed by atoms with Gasteiger partial charge in [-0.05, 0) is 24.8 Å². The van der Waals surface area contributed by atoms with Crippen LogP contribution in [-0.4, -0.2) is 25.5 Å². The van der Waals surface area contributed by atoms with Crippen LogP contribution in [0, 0.1) is 5.92 Å². The molecule has 1 aliphatic carbocycles. The third-order valence-electron chi connectivity index (χ3n) is 4.86. The highest BCUT2D eigenvalue weighted by atomic mass is 32.2. The molecular weight excluding hydrogens is 286 g/mol. The van der Waals surface area contributed by atoms with E-state index < -0.39 is 21.1 Å². The molecule has 0 radical (unpaired) electrons. The van der Waals surface area contributed by atoms with Crippen molar-refractivity contribution in [2.24, 2.45) is 11.7 Å². The third-order valence-corrected chi connectivity index (χ3v) is 7.49. The van der Waals surface area contributed by atoms with Gasteiger partial charge in [-0.3, -0.25) is 0 Å². The molecule has 4 unspecified atom stereocenters. The lowest BCUT2D eigenvalue weighted by molar-refractivity contribution is 0.267. The molecule has 1 heterocycles. The molecule has 0 bridgehead atoms. The molecule has 5 heteroatoms. The molecule has 0 spiro atoms. The second-order valence-electron chi connectivity index (χ2n) is 6.40. The number of hydrogen-bond acceptors (Lipinski definition) is 4. The van der Waals surface area contributed by atoms with Gasteiger partial charge >= 0.3 is 0 Å². The van der Waals surface area contributed by atoms with Crippen molar-refractivity contribution in [2.75, 3.05) is 6.61 Å². The smallest absolute Gasteiger partial charge is 0.161 e. The molecule has 0 saturated heterocycles. The van der Waals surface area contributed by atoms with E-state index in [-0.39, 0.29) is 11.9 Å². The Hall–Kier alpha value is -1.07. The summed E-state index contributed by atoms with van der Waals surface area (Å²) in [4.78, 5) is 0. The maximum atomic E-state index is 12.9. The Morgan fingerprint density at radius 1 is 1.24 bits per heavy atom. The minimum Gasteiger partial charge on any atom is -0.492 e. The number of para-hydroxylation sites is 1. The summed E-state index contributed by atoms with van der Waals surface area (Å²) in [5, 5.41) is -0.881. The van der Waals surface area contributed by atoms with E-state index in [1.807, 2.05) is 24.3 Å². The Morgan fingerprint density at radius 2 is 2.00 bits per heavy atom. The normalized spacial score (nSPS) is 33.0. The Labute approximate surface area is 126 Å². The number of fused-ring (bicyclic) bond motifs is 1. The molecule has 0 aromatic heterocycles. The molecule has 116 valence electrons. The van der Waals surface area contributed by atoms with Crippen LogP contribution in [-0.2, 0) is 9.84 Å². The van der Waals surface area contributed by atoms with E-state index in [9.17, 15) is 8.42 Å². The molecule has 4 atom stereocenters. The molecule has 1 saturated carbocycles. The highest BCUT2D eigenvalue weighted by Crippen LogP contribution is 2.37. The predicted octanol–water partition coefficient (Wildman–Crippen LogP) is 2.44. The quantitative estimate of drug-likeness (QED) is 0.911. The Morgan fingerprint density at radius 3 is 2.76 bits per heavy atom. The predicted molar refractivity (Wildman–Crippen MR) is 83.0 cm³/mol. The fourth-order valence-electron chi connectivity index (χ4n) is 3.59. The maximum absolute atomic E-state index is 12.9. The van der Waals surface area contributed by atoms with E-state index >= 15 is 0 Å². The summed E-state index contributed by atoms with van der Waals surface area (Å²) in [7, 11) is -3.26. The number of ether oxygens (including phenoxy) is 1. The average Bonchev–Trinajstić information content (AvgIpc) is 2.47. The first-order valence-electron chi connectivity index (χ1n) is 7.70. The van der Waals surface area contributed by atoms with Gasteiger partial charge in [0.2, 0.25) is 0 Å². The van der Waals surface area contributed by atoms with Gasteiger partial charge in [0, 0.05) is 5.56 Å². The first kappa shape index (κ1) is 14.9. The number of hydrogen-bond donors (Lipinski definition) is 1. The van der Waals surface area contributed by atoms with Crippen LogP contribution in [0.1, 0.15) is 44.2 Å². The maximum Gasteiger partial charge on any atom is 0.161 e. The largest absolute Gasteiger partial charge is 0.492 e. The molecule has 1 aliphatic heterocycles. The van der Waals surface area contributed by atoms with Crippen molar-refractivity contribution in [1.29, 1.82) is 0 Å². The van der Waals surface area contributed by atoms with Gasteiger partial charge in [-0.1, -0.05) is 38.0 Å². The molecule has 1 aromatic rings. The molecular formula is C16H23NO3S. The second-order valence-corrected chi connectivity index (χ2v) is 8.85. The molecule has 21 heavy (non-hydrogen) atoms. The van der Waals surface area contributed by atoms with Gasteiger partial charge in [0.25, 0.3) is 0 Å². The fraction of sp³-hybridized carbons (Fsp3) is 0.625. The molecule has 2 N–H and O–H groups in total. The number of nitrogens with two attached hydrogens (primary N) is 1. The Bertz CT molecular complexity index is 614. The minimum atomic E-state index is -3.26. The van der Waals surface area contributed by atoms with Gasteiger partial charge in [-0.15, -0.1) is 0 Å². The molecule has 4 nitrogen and oxygen atoms in total. The van der Waals surface area contributed by atoms with E-state index in [0.29, 0.717) is 11.7 Å². The van der Waals surface area contributed by atoms with E-state index in [2.05, 4.69) is 6.92 Å². The van der Waals surface area contributed by atoms with Crippen molar-refractivity contribution in [3.8, 4) is 5.75 Å². The number of rotatable bonds is 2. The van der Waals surface area contributed by atoms with Gasteiger partial charge in [-0.25, -0.2) is 8.42 Å². The summed E-state index contributed by atoms with van der Waals surface area (Å²) in [6.07, 6.45) is 3.64. The van der Waals surface area contributed by atoms with E-state index in [4.69, 9.17) is 10.5 Å². The van der Waals surface area contributed by atoms with Crippen LogP contribution in [0.15, 0.2) is 24.3 Å². The highest BCUT2D eigenvalue weighted by molar-refractivity contribution is 7.92. The van der Waals surface area contributed by atoms with Crippen LogP contribution in [0.5, 0.6) is 5.75 Å². The monoisotopic (exact) mass is 309 g/mol. The van der Waals surface area contributed by atoms with Crippen molar-refractivity contribution >= 4 is 9.84 Å². The van der Waals surface area contributed by atoms with Crippen molar-refractivity contribution in [2.45, 2.75) is 49.1 Å². The Kier molecular flexibility index (Phi) is 3.97. The van der Waals surface area contributed by atoms with Crippen LogP contribution < -0.4 is 10.5 Å². The molecule has 1 fully saturated rings. The lowest BCUT2D eigenvalue weighted by Gasteiger charge is -2.35. The average molecular weight is 309 g/mol. The van der Waals surface area contributed by atoms with Crippen LogP contribution in [0.4, 0.5) is 0 Å². The number of benzene rings is 1. The van der Waals surface area contributed by atoms with Gasteiger partial charge in [0.1, 0.15) is 17.6 Å². The van der Waals surface area contributed by atoms with Crippen LogP contribution >= 0.6 is 0 Å². The molecule has 2 aliphatic rings. The Balaban J connectivity index is 1.87. The first-order chi connectivity index (χ1) is 10.00. The highest BCUT2D eigenvalue weighted by Gasteiger charge is 2.42. The summed E-state index contributed by atoms with van der Waals surface area (Å²) in [5.41, 5.74) is 7.07. The van der Waals surface area contributed by atoms with E-state index in [1.165, 1.54) is 0 Å². The van der Waals surface area contributed by atoms with E-state index in [0.717, 1.165) is 31.2 Å². The SMILES string of the molecule is CC1CCCC(S(=O)(=O)C2COc3ccccc3C2N)C1. The minimum absolute atomic E-state index is 0.172. The summed E-state index contributed by atoms with van der Waals surface area (Å²) in [6.45, 7) is 2.31. The summed E-state index contributed by atoms with van der Waals surface area (Å²) in [5.74, 6) is 1.19. The van der Waals surface area contributed by atoms with Gasteiger partial charge < -0.3 is 10.5 Å². The van der Waals surface area contributed by atoms with Gasteiger partial charge in [0.05, 0.1) is 11.3 Å². The van der Waals surface area contributed by atoms with Crippen LogP contribution in [0.2, 0.25) is 0 Å². The van der Waals surface area contributed by atoms with Crippen molar-refractivity contribution in [1.82, 2.24) is 0 Å². The fourth-order valence-corrected chi connectivity index (χ4v) is 5.99. The van der Waals surface area contributed by atoms with Crippen molar-refractivity contribution < 1.29 is 13.2 Å². The summed E-state index contributed by atoms with van der Waals surface area (Å²) in [6, 6.07) is 6.98. The zero-order valence-corrected chi connectivity index (χ0v) is 13.2. The van der Waals surface area contributed by atoms with Crippen LogP contribution in [0.25, 0.3) is 0 Å². The van der Waals surface area contributed by atoms with E-state index in [1.54, 1.807) is 0 Å². The standard InChI is InChI=1S/C16H23NO3S/c1-11-5-4-6-12(9-11)21(18,19)15-10-20-14-8-3-2-7-13(14)16(15)17/h2-3,7-8,11-12,15-16H,4-6,9-10,17H2,1H3. The molecule has 1 aromatic carbocycles. The second kappa shape index (κ2) is 5.61. The zero-order valence-electron chi connectivity index (χ0n) is 12.4. The third kappa shape index (κ3) is 2.69. The van der Waals surface area contributed by atoms with Crippen molar-refractivity contribution in [3.63, 3.8) is 0 Å². The molecule has 3 rings (SSSR count). The molecule has 0 amide bonds. The van der Waals surface area contributed by atoms with Gasteiger partial charge in [0.15, 0.2) is 9.84 Å². The lowest BCUT2D eigenvalue weighted by atomic mass is 9.90. The number of sulfone groups is 1. The topological polar surface area (TPSA) is 69.4 Å². The first-order valence-corrected chi connectivity index (χ1v) is 9.31.